The number of carboxylic acid groups (broad SMARTS) is 1. The van der Waals surface area contributed by atoms with Crippen LogP contribution < -0.4 is 0 Å². The van der Waals surface area contributed by atoms with Gasteiger partial charge in [0.25, 0.3) is 5.91 Å². The maximum absolute atomic E-state index is 12.4. The zero-order chi connectivity index (χ0) is 14.6. The summed E-state index contributed by atoms with van der Waals surface area (Å²) in [6.07, 6.45) is 0.726. The Bertz CT molecular complexity index is 462. The van der Waals surface area contributed by atoms with E-state index in [1.807, 2.05) is 33.8 Å². The number of carbonyl (C=O) groups is 2. The first-order valence-electron chi connectivity index (χ1n) is 6.46. The van der Waals surface area contributed by atoms with Crippen molar-refractivity contribution in [1.29, 1.82) is 0 Å². The summed E-state index contributed by atoms with van der Waals surface area (Å²) < 4.78 is 0. The van der Waals surface area contributed by atoms with E-state index in [-0.39, 0.29) is 18.5 Å². The minimum atomic E-state index is -0.988. The van der Waals surface area contributed by atoms with Gasteiger partial charge in [-0.2, -0.15) is 0 Å². The largest absolute Gasteiger partial charge is 0.480 e. The lowest BCUT2D eigenvalue weighted by Gasteiger charge is -2.27. The van der Waals surface area contributed by atoms with Crippen molar-refractivity contribution in [2.45, 2.75) is 40.2 Å². The average Bonchev–Trinajstić information content (AvgIpc) is 2.32. The molecule has 0 fully saturated rings. The maximum atomic E-state index is 12.4. The van der Waals surface area contributed by atoms with Gasteiger partial charge >= 0.3 is 5.97 Å². The Morgan fingerprint density at radius 3 is 2.16 bits per heavy atom. The Morgan fingerprint density at radius 1 is 1.21 bits per heavy atom. The van der Waals surface area contributed by atoms with Gasteiger partial charge in [0.1, 0.15) is 6.54 Å². The molecule has 1 amide bonds. The number of aliphatic carboxylic acids is 1. The lowest BCUT2D eigenvalue weighted by atomic mass is 10.1. The van der Waals surface area contributed by atoms with E-state index in [2.05, 4.69) is 0 Å². The van der Waals surface area contributed by atoms with E-state index in [1.165, 1.54) is 4.90 Å². The van der Waals surface area contributed by atoms with E-state index in [4.69, 9.17) is 5.11 Å². The quantitative estimate of drug-likeness (QED) is 0.888. The predicted molar refractivity (Wildman–Crippen MR) is 74.3 cm³/mol. The Labute approximate surface area is 114 Å². The third kappa shape index (κ3) is 4.09. The summed E-state index contributed by atoms with van der Waals surface area (Å²) in [5.41, 5.74) is 2.56. The zero-order valence-electron chi connectivity index (χ0n) is 11.9. The number of carbonyl (C=O) groups excluding carboxylic acids is 1. The Hall–Kier alpha value is -1.84. The second kappa shape index (κ2) is 6.36. The molecule has 4 heteroatoms. The van der Waals surface area contributed by atoms with Crippen LogP contribution >= 0.6 is 0 Å². The highest BCUT2D eigenvalue weighted by Gasteiger charge is 2.23. The van der Waals surface area contributed by atoms with Crippen LogP contribution in [0.4, 0.5) is 0 Å². The van der Waals surface area contributed by atoms with E-state index in [0.717, 1.165) is 17.5 Å². The van der Waals surface area contributed by atoms with Gasteiger partial charge in [-0.1, -0.05) is 24.1 Å². The van der Waals surface area contributed by atoms with Crippen molar-refractivity contribution < 1.29 is 14.7 Å². The van der Waals surface area contributed by atoms with Crippen molar-refractivity contribution >= 4 is 11.9 Å². The number of rotatable bonds is 5. The molecule has 0 heterocycles. The monoisotopic (exact) mass is 263 g/mol. The third-order valence-corrected chi connectivity index (χ3v) is 3.16. The third-order valence-electron chi connectivity index (χ3n) is 3.16. The molecule has 0 saturated carbocycles. The predicted octanol–water partition coefficient (Wildman–Crippen LogP) is 2.63. The van der Waals surface area contributed by atoms with Crippen molar-refractivity contribution in [3.8, 4) is 0 Å². The van der Waals surface area contributed by atoms with Crippen LogP contribution in [-0.2, 0) is 4.79 Å². The van der Waals surface area contributed by atoms with Crippen LogP contribution in [0.5, 0.6) is 0 Å². The van der Waals surface area contributed by atoms with Crippen LogP contribution in [0.3, 0.4) is 0 Å². The van der Waals surface area contributed by atoms with Gasteiger partial charge in [0.2, 0.25) is 0 Å². The Kier molecular flexibility index (Phi) is 5.10. The highest BCUT2D eigenvalue weighted by molar-refractivity contribution is 5.96. The molecule has 0 aliphatic heterocycles. The van der Waals surface area contributed by atoms with Gasteiger partial charge in [-0.15, -0.1) is 0 Å². The number of hydrogen-bond donors (Lipinski definition) is 1. The van der Waals surface area contributed by atoms with Crippen molar-refractivity contribution in [3.63, 3.8) is 0 Å². The summed E-state index contributed by atoms with van der Waals surface area (Å²) in [5.74, 6) is -1.21. The second-order valence-electron chi connectivity index (χ2n) is 4.96. The molecular formula is C15H21NO3. The second-order valence-corrected chi connectivity index (χ2v) is 4.96. The van der Waals surface area contributed by atoms with Gasteiger partial charge in [0, 0.05) is 11.6 Å². The number of nitrogens with zero attached hydrogens (tertiary/aromatic N) is 1. The van der Waals surface area contributed by atoms with Gasteiger partial charge in [-0.25, -0.2) is 0 Å². The molecule has 0 aliphatic carbocycles. The Morgan fingerprint density at radius 2 is 1.74 bits per heavy atom. The molecule has 0 radical (unpaired) electrons. The molecule has 1 atom stereocenters. The first-order valence-corrected chi connectivity index (χ1v) is 6.46. The van der Waals surface area contributed by atoms with E-state index >= 15 is 0 Å². The van der Waals surface area contributed by atoms with Gasteiger partial charge in [0.05, 0.1) is 0 Å². The zero-order valence-corrected chi connectivity index (χ0v) is 11.9. The van der Waals surface area contributed by atoms with Gasteiger partial charge < -0.3 is 10.0 Å². The number of carboxylic acids is 1. The maximum Gasteiger partial charge on any atom is 0.323 e. The van der Waals surface area contributed by atoms with Crippen molar-refractivity contribution in [2.75, 3.05) is 6.54 Å². The highest BCUT2D eigenvalue weighted by atomic mass is 16.4. The van der Waals surface area contributed by atoms with E-state index in [1.54, 1.807) is 12.1 Å². The van der Waals surface area contributed by atoms with Crippen LogP contribution in [0.2, 0.25) is 0 Å². The summed E-state index contributed by atoms with van der Waals surface area (Å²) in [6, 6.07) is 5.49. The van der Waals surface area contributed by atoms with Gasteiger partial charge in [-0.3, -0.25) is 9.59 Å². The lowest BCUT2D eigenvalue weighted by Crippen LogP contribution is -2.41. The highest BCUT2D eigenvalue weighted by Crippen LogP contribution is 2.14. The topological polar surface area (TPSA) is 57.6 Å². The summed E-state index contributed by atoms with van der Waals surface area (Å²) in [4.78, 5) is 24.8. The fourth-order valence-electron chi connectivity index (χ4n) is 2.06. The molecule has 0 spiro atoms. The summed E-state index contributed by atoms with van der Waals surface area (Å²) in [6.45, 7) is 7.39. The molecule has 0 aromatic heterocycles. The average molecular weight is 263 g/mol. The molecule has 0 saturated heterocycles. The number of benzene rings is 1. The molecule has 4 nitrogen and oxygen atoms in total. The molecule has 1 rings (SSSR count). The van der Waals surface area contributed by atoms with Crippen LogP contribution in [0.15, 0.2) is 18.2 Å². The van der Waals surface area contributed by atoms with Crippen molar-refractivity contribution in [3.05, 3.63) is 34.9 Å². The van der Waals surface area contributed by atoms with Crippen molar-refractivity contribution in [2.24, 2.45) is 0 Å². The van der Waals surface area contributed by atoms with Gasteiger partial charge in [0.15, 0.2) is 0 Å². The molecule has 104 valence electrons. The first kappa shape index (κ1) is 15.2. The smallest absolute Gasteiger partial charge is 0.323 e. The lowest BCUT2D eigenvalue weighted by molar-refractivity contribution is -0.138. The minimum Gasteiger partial charge on any atom is -0.480 e. The number of aryl methyl sites for hydroxylation is 2. The fraction of sp³-hybridized carbons (Fsp3) is 0.467. The summed E-state index contributed by atoms with van der Waals surface area (Å²) in [5, 5.41) is 8.94. The van der Waals surface area contributed by atoms with Gasteiger partial charge in [-0.05, 0) is 39.3 Å². The standard InChI is InChI=1S/C15H21NO3/c1-5-12(4)16(9-14(17)18)15(19)13-7-10(2)6-11(3)8-13/h6-8,12H,5,9H2,1-4H3,(H,17,18). The molecule has 0 bridgehead atoms. The van der Waals surface area contributed by atoms with Crippen LogP contribution in [0.25, 0.3) is 0 Å². The van der Waals surface area contributed by atoms with Crippen LogP contribution in [0.1, 0.15) is 41.8 Å². The van der Waals surface area contributed by atoms with E-state index in [9.17, 15) is 9.59 Å². The molecule has 0 aliphatic rings. The first-order chi connectivity index (χ1) is 8.85. The number of amides is 1. The fourth-order valence-corrected chi connectivity index (χ4v) is 2.06. The summed E-state index contributed by atoms with van der Waals surface area (Å²) in [7, 11) is 0. The SMILES string of the molecule is CCC(C)N(CC(=O)O)C(=O)c1cc(C)cc(C)c1. The van der Waals surface area contributed by atoms with Crippen LogP contribution in [0, 0.1) is 13.8 Å². The molecular weight excluding hydrogens is 242 g/mol. The van der Waals surface area contributed by atoms with Crippen LogP contribution in [-0.4, -0.2) is 34.5 Å². The summed E-state index contributed by atoms with van der Waals surface area (Å²) >= 11 is 0. The molecule has 1 aromatic carbocycles. The van der Waals surface area contributed by atoms with E-state index < -0.39 is 5.97 Å². The normalized spacial score (nSPS) is 12.0. The molecule has 1 unspecified atom stereocenters. The van der Waals surface area contributed by atoms with Crippen molar-refractivity contribution in [1.82, 2.24) is 4.90 Å². The molecule has 1 N–H and O–H groups in total. The molecule has 1 aromatic rings. The Balaban J connectivity index is 3.07. The number of hydrogen-bond acceptors (Lipinski definition) is 2. The van der Waals surface area contributed by atoms with E-state index in [0.29, 0.717) is 5.56 Å². The molecule has 19 heavy (non-hydrogen) atoms. The minimum absolute atomic E-state index is 0.0931.